The third-order valence-electron chi connectivity index (χ3n) is 5.84. The lowest BCUT2D eigenvalue weighted by atomic mass is 10.1. The Balaban J connectivity index is 0.00000306. The highest BCUT2D eigenvalue weighted by atomic mass is 35.5. The number of aromatic nitrogens is 2. The van der Waals surface area contributed by atoms with Crippen LogP contribution in [0.25, 0.3) is 10.9 Å². The van der Waals surface area contributed by atoms with E-state index in [4.69, 9.17) is 0 Å². The molecule has 0 fully saturated rings. The highest BCUT2D eigenvalue weighted by Crippen LogP contribution is 2.33. The Bertz CT molecular complexity index is 1250. The van der Waals surface area contributed by atoms with Crippen LogP contribution in [0.15, 0.2) is 60.8 Å². The second-order valence-corrected chi connectivity index (χ2v) is 8.00. The van der Waals surface area contributed by atoms with Gasteiger partial charge < -0.3 is 9.47 Å². The van der Waals surface area contributed by atoms with E-state index in [0.29, 0.717) is 13.1 Å². The van der Waals surface area contributed by atoms with E-state index in [1.165, 1.54) is 24.3 Å². The van der Waals surface area contributed by atoms with Crippen molar-refractivity contribution in [2.75, 3.05) is 11.9 Å². The number of rotatable bonds is 5. The van der Waals surface area contributed by atoms with E-state index < -0.39 is 11.7 Å². The average Bonchev–Trinajstić information content (AvgIpc) is 3.00. The fourth-order valence-electron chi connectivity index (χ4n) is 3.97. The van der Waals surface area contributed by atoms with Crippen LogP contribution < -0.4 is 4.90 Å². The van der Waals surface area contributed by atoms with Crippen molar-refractivity contribution in [1.82, 2.24) is 9.55 Å². The van der Waals surface area contributed by atoms with E-state index in [0.717, 1.165) is 51.2 Å². The summed E-state index contributed by atoms with van der Waals surface area (Å²) in [7, 11) is 1.92. The van der Waals surface area contributed by atoms with Gasteiger partial charge in [-0.1, -0.05) is 24.3 Å². The Morgan fingerprint density at radius 3 is 2.12 bits per heavy atom. The third kappa shape index (κ3) is 4.98. The van der Waals surface area contributed by atoms with Crippen LogP contribution in [0.3, 0.4) is 0 Å². The Labute approximate surface area is 196 Å². The molecule has 0 radical (unpaired) electrons. The lowest BCUT2D eigenvalue weighted by Gasteiger charge is -2.21. The summed E-state index contributed by atoms with van der Waals surface area (Å²) in [5, 5.41) is 1.05. The molecule has 0 saturated carbocycles. The molecule has 0 amide bonds. The fourth-order valence-corrected chi connectivity index (χ4v) is 3.97. The van der Waals surface area contributed by atoms with Gasteiger partial charge in [0.2, 0.25) is 0 Å². The summed E-state index contributed by atoms with van der Waals surface area (Å²) < 4.78 is 54.1. The number of hydrogen-bond acceptors (Lipinski definition) is 2. The fraction of sp³-hybridized carbons (Fsp3) is 0.240. The topological polar surface area (TPSA) is 21.1 Å². The summed E-state index contributed by atoms with van der Waals surface area (Å²) in [5.41, 5.74) is 4.12. The van der Waals surface area contributed by atoms with Gasteiger partial charge in [-0.25, -0.2) is 9.37 Å². The number of anilines is 1. The summed E-state index contributed by atoms with van der Waals surface area (Å²) in [5.74, 6) is 0.475. The lowest BCUT2D eigenvalue weighted by molar-refractivity contribution is -0.137. The molecule has 8 heteroatoms. The zero-order chi connectivity index (χ0) is 23.0. The maximum absolute atomic E-state index is 13.3. The molecule has 0 aliphatic heterocycles. The van der Waals surface area contributed by atoms with Crippen molar-refractivity contribution in [3.8, 4) is 0 Å². The monoisotopic (exact) mass is 477 g/mol. The average molecular weight is 478 g/mol. The first-order valence-electron chi connectivity index (χ1n) is 10.2. The molecule has 0 saturated heterocycles. The number of nitrogens with zero attached hydrogens (tertiary/aromatic N) is 3. The minimum atomic E-state index is -4.36. The van der Waals surface area contributed by atoms with E-state index in [1.54, 1.807) is 18.3 Å². The molecule has 0 aliphatic carbocycles. The quantitative estimate of drug-likeness (QED) is 0.291. The number of halogens is 5. The number of hydrogen-bond donors (Lipinski definition) is 0. The van der Waals surface area contributed by atoms with Gasteiger partial charge in [0.15, 0.2) is 5.82 Å². The van der Waals surface area contributed by atoms with Crippen molar-refractivity contribution in [1.29, 1.82) is 0 Å². The van der Waals surface area contributed by atoms with Gasteiger partial charge in [-0.2, -0.15) is 13.2 Å². The largest absolute Gasteiger partial charge is 0.416 e. The van der Waals surface area contributed by atoms with Gasteiger partial charge in [-0.05, 0) is 60.9 Å². The summed E-state index contributed by atoms with van der Waals surface area (Å²) in [6.07, 6.45) is -2.60. The van der Waals surface area contributed by atoms with Crippen molar-refractivity contribution in [2.45, 2.75) is 33.1 Å². The smallest absolute Gasteiger partial charge is 0.354 e. The number of benzene rings is 2. The predicted molar refractivity (Wildman–Crippen MR) is 126 cm³/mol. The summed E-state index contributed by atoms with van der Waals surface area (Å²) >= 11 is 0. The minimum absolute atomic E-state index is 0. The van der Waals surface area contributed by atoms with E-state index in [2.05, 4.69) is 9.55 Å². The van der Waals surface area contributed by atoms with E-state index in [9.17, 15) is 17.6 Å². The zero-order valence-electron chi connectivity index (χ0n) is 18.4. The lowest BCUT2D eigenvalue weighted by Crippen LogP contribution is -2.19. The Hall–Kier alpha value is -3.06. The van der Waals surface area contributed by atoms with Gasteiger partial charge >= 0.3 is 6.18 Å². The molecule has 0 aliphatic rings. The maximum atomic E-state index is 13.3. The first-order valence-corrected chi connectivity index (χ1v) is 10.2. The van der Waals surface area contributed by atoms with Crippen LogP contribution >= 0.6 is 12.4 Å². The number of alkyl halides is 3. The van der Waals surface area contributed by atoms with E-state index in [1.807, 2.05) is 31.9 Å². The first kappa shape index (κ1) is 24.6. The van der Waals surface area contributed by atoms with Crippen molar-refractivity contribution in [3.05, 3.63) is 94.6 Å². The molecular weight excluding hydrogens is 454 g/mol. The van der Waals surface area contributed by atoms with E-state index in [-0.39, 0.29) is 18.2 Å². The van der Waals surface area contributed by atoms with Gasteiger partial charge in [-0.15, -0.1) is 12.4 Å². The molecule has 2 aromatic carbocycles. The molecule has 174 valence electrons. The van der Waals surface area contributed by atoms with Crippen LogP contribution in [0.5, 0.6) is 0 Å². The van der Waals surface area contributed by atoms with Crippen molar-refractivity contribution < 1.29 is 17.6 Å². The third-order valence-corrected chi connectivity index (χ3v) is 5.84. The molecular formula is C25H24ClF4N3. The highest BCUT2D eigenvalue weighted by Gasteiger charge is 2.30. The maximum Gasteiger partial charge on any atom is 0.416 e. The molecule has 0 bridgehead atoms. The number of aryl methyl sites for hydroxylation is 1. The summed E-state index contributed by atoms with van der Waals surface area (Å²) in [6.45, 7) is 5.00. The van der Waals surface area contributed by atoms with Crippen LogP contribution in [-0.2, 0) is 19.3 Å². The summed E-state index contributed by atoms with van der Waals surface area (Å²) in [6, 6.07) is 13.6. The Kier molecular flexibility index (Phi) is 7.03. The molecule has 0 atom stereocenters. The van der Waals surface area contributed by atoms with Crippen LogP contribution in [-0.4, -0.2) is 16.6 Å². The van der Waals surface area contributed by atoms with Crippen molar-refractivity contribution in [2.24, 2.45) is 0 Å². The van der Waals surface area contributed by atoms with Crippen molar-refractivity contribution in [3.63, 3.8) is 0 Å². The van der Waals surface area contributed by atoms with Crippen molar-refractivity contribution >= 4 is 29.1 Å². The van der Waals surface area contributed by atoms with Gasteiger partial charge in [0.1, 0.15) is 5.82 Å². The molecule has 0 spiro atoms. The molecule has 4 aromatic rings. The van der Waals surface area contributed by atoms with Crippen LogP contribution in [0.1, 0.15) is 27.9 Å². The molecule has 4 rings (SSSR count). The molecule has 33 heavy (non-hydrogen) atoms. The first-order chi connectivity index (χ1) is 15.1. The van der Waals surface area contributed by atoms with Gasteiger partial charge in [0.25, 0.3) is 0 Å². The normalized spacial score (nSPS) is 11.5. The predicted octanol–water partition coefficient (Wildman–Crippen LogP) is 6.92. The van der Waals surface area contributed by atoms with Crippen LogP contribution in [0.2, 0.25) is 0 Å². The second-order valence-electron chi connectivity index (χ2n) is 8.00. The van der Waals surface area contributed by atoms with Crippen LogP contribution in [0, 0.1) is 19.7 Å². The molecule has 3 nitrogen and oxygen atoms in total. The highest BCUT2D eigenvalue weighted by molar-refractivity contribution is 5.93. The SMILES string of the molecule is Cc1c(C)n(Cc2ccc(C(F)(F)F)cc2)c2c(N(C)Cc3ccc(F)cc3)nccc12.Cl. The van der Waals surface area contributed by atoms with E-state index >= 15 is 0 Å². The van der Waals surface area contributed by atoms with Gasteiger partial charge in [0.05, 0.1) is 11.1 Å². The second kappa shape index (κ2) is 9.43. The minimum Gasteiger partial charge on any atom is -0.354 e. The number of pyridine rings is 1. The zero-order valence-corrected chi connectivity index (χ0v) is 19.3. The Morgan fingerprint density at radius 1 is 0.909 bits per heavy atom. The molecule has 0 unspecified atom stereocenters. The summed E-state index contributed by atoms with van der Waals surface area (Å²) in [4.78, 5) is 6.60. The van der Waals surface area contributed by atoms with Crippen LogP contribution in [0.4, 0.5) is 23.4 Å². The molecule has 2 aromatic heterocycles. The number of fused-ring (bicyclic) bond motifs is 1. The molecule has 2 heterocycles. The molecule has 0 N–H and O–H groups in total. The Morgan fingerprint density at radius 2 is 1.52 bits per heavy atom. The van der Waals surface area contributed by atoms with Gasteiger partial charge in [0, 0.05) is 37.4 Å². The standard InChI is InChI=1S/C25H23F4N3.ClH/c1-16-17(2)32(15-19-4-8-20(9-5-19)25(27,28)29)23-22(16)12-13-30-24(23)31(3)14-18-6-10-21(26)11-7-18;/h4-13H,14-15H2,1-3H3;1H. The van der Waals surface area contributed by atoms with Gasteiger partial charge in [-0.3, -0.25) is 0 Å².